The van der Waals surface area contributed by atoms with Gasteiger partial charge in [0.05, 0.1) is 34.4 Å². The Balaban J connectivity index is 1.98. The Labute approximate surface area is 185 Å². The number of rotatable bonds is 11. The summed E-state index contributed by atoms with van der Waals surface area (Å²) < 4.78 is 10.7. The third-order valence-corrected chi connectivity index (χ3v) is 4.83. The van der Waals surface area contributed by atoms with Crippen molar-refractivity contribution in [1.82, 2.24) is 0 Å². The first-order valence-electron chi connectivity index (χ1n) is 9.94. The number of hydrogen-bond acceptors (Lipinski definition) is 6. The number of amides is 1. The highest BCUT2D eigenvalue weighted by molar-refractivity contribution is 6.34. The van der Waals surface area contributed by atoms with Crippen LogP contribution >= 0.6 is 11.6 Å². The first-order valence-corrected chi connectivity index (χ1v) is 10.3. The highest BCUT2D eigenvalue weighted by Crippen LogP contribution is 2.30. The van der Waals surface area contributed by atoms with Crippen LogP contribution in [0.15, 0.2) is 42.5 Å². The van der Waals surface area contributed by atoms with E-state index in [1.807, 2.05) is 0 Å². The summed E-state index contributed by atoms with van der Waals surface area (Å²) in [6.45, 7) is 2.59. The van der Waals surface area contributed by atoms with E-state index in [4.69, 9.17) is 21.1 Å². The number of anilines is 1. The number of benzene rings is 2. The van der Waals surface area contributed by atoms with Crippen LogP contribution in [0.5, 0.6) is 5.75 Å². The van der Waals surface area contributed by atoms with E-state index in [9.17, 15) is 19.7 Å². The molecule has 0 N–H and O–H groups in total. The smallest absolute Gasteiger partial charge is 0.305 e. The summed E-state index contributed by atoms with van der Waals surface area (Å²) in [7, 11) is 1.58. The van der Waals surface area contributed by atoms with Gasteiger partial charge in [-0.25, -0.2) is 0 Å². The molecule has 2 aromatic carbocycles. The van der Waals surface area contributed by atoms with Gasteiger partial charge in [0.1, 0.15) is 5.75 Å². The summed E-state index contributed by atoms with van der Waals surface area (Å²) >= 11 is 6.10. The van der Waals surface area contributed by atoms with Gasteiger partial charge in [-0.15, -0.1) is 0 Å². The monoisotopic (exact) mass is 448 g/mol. The predicted octanol–water partition coefficient (Wildman–Crippen LogP) is 5.03. The van der Waals surface area contributed by atoms with Crippen molar-refractivity contribution in [3.8, 4) is 5.75 Å². The largest absolute Gasteiger partial charge is 0.491 e. The molecule has 9 heteroatoms. The van der Waals surface area contributed by atoms with Gasteiger partial charge in [0.15, 0.2) is 0 Å². The number of nitrogens with zero attached hydrogens (tertiary/aromatic N) is 2. The SMILES string of the molecule is CCOC(=O)CCCCCOc1ccccc1N(C)C(=O)c1ccc([N+](=O)[O-])cc1Cl. The molecule has 0 saturated heterocycles. The molecular formula is C22H25ClN2O6. The minimum absolute atomic E-state index is 0.00560. The number of para-hydroxylation sites is 2. The van der Waals surface area contributed by atoms with Crippen molar-refractivity contribution in [3.05, 3.63) is 63.2 Å². The van der Waals surface area contributed by atoms with Crippen LogP contribution in [0, 0.1) is 10.1 Å². The molecule has 0 aliphatic carbocycles. The number of esters is 1. The van der Waals surface area contributed by atoms with Gasteiger partial charge < -0.3 is 14.4 Å². The van der Waals surface area contributed by atoms with E-state index in [-0.39, 0.29) is 22.2 Å². The zero-order chi connectivity index (χ0) is 22.8. The lowest BCUT2D eigenvalue weighted by molar-refractivity contribution is -0.384. The zero-order valence-electron chi connectivity index (χ0n) is 17.5. The average molecular weight is 449 g/mol. The van der Waals surface area contributed by atoms with Crippen molar-refractivity contribution in [2.45, 2.75) is 32.6 Å². The number of nitro benzene ring substituents is 1. The van der Waals surface area contributed by atoms with E-state index in [0.717, 1.165) is 25.3 Å². The van der Waals surface area contributed by atoms with Gasteiger partial charge in [0.2, 0.25) is 0 Å². The Kier molecular flexibility index (Phi) is 9.27. The van der Waals surface area contributed by atoms with E-state index in [2.05, 4.69) is 0 Å². The van der Waals surface area contributed by atoms with Crippen LogP contribution in [0.4, 0.5) is 11.4 Å². The molecule has 0 aliphatic heterocycles. The Morgan fingerprint density at radius 3 is 2.55 bits per heavy atom. The van der Waals surface area contributed by atoms with Crippen molar-refractivity contribution in [2.75, 3.05) is 25.2 Å². The summed E-state index contributed by atoms with van der Waals surface area (Å²) in [4.78, 5) is 35.9. The van der Waals surface area contributed by atoms with Crippen molar-refractivity contribution in [3.63, 3.8) is 0 Å². The second-order valence-electron chi connectivity index (χ2n) is 6.72. The van der Waals surface area contributed by atoms with Gasteiger partial charge in [0, 0.05) is 25.6 Å². The normalized spacial score (nSPS) is 10.4. The van der Waals surface area contributed by atoms with Gasteiger partial charge in [-0.1, -0.05) is 23.7 Å². The van der Waals surface area contributed by atoms with Crippen LogP contribution in [-0.4, -0.2) is 37.1 Å². The van der Waals surface area contributed by atoms with Crippen molar-refractivity contribution in [1.29, 1.82) is 0 Å². The molecule has 31 heavy (non-hydrogen) atoms. The Bertz CT molecular complexity index is 934. The van der Waals surface area contributed by atoms with Crippen molar-refractivity contribution in [2.24, 2.45) is 0 Å². The molecule has 0 saturated carbocycles. The minimum atomic E-state index is -0.570. The molecule has 0 unspecified atom stereocenters. The zero-order valence-corrected chi connectivity index (χ0v) is 18.3. The first kappa shape index (κ1) is 24.1. The van der Waals surface area contributed by atoms with Crippen LogP contribution in [0.25, 0.3) is 0 Å². The number of non-ortho nitro benzene ring substituents is 1. The average Bonchev–Trinajstić information content (AvgIpc) is 2.75. The standard InChI is InChI=1S/C22H25ClN2O6/c1-3-30-21(26)11-5-4-8-14-31-20-10-7-6-9-19(20)24(2)22(27)17-13-12-16(25(28)29)15-18(17)23/h6-7,9-10,12-13,15H,3-5,8,11,14H2,1-2H3. The molecule has 2 rings (SSSR count). The summed E-state index contributed by atoms with van der Waals surface area (Å²) in [5.41, 5.74) is 0.521. The van der Waals surface area contributed by atoms with E-state index < -0.39 is 10.8 Å². The summed E-state index contributed by atoms with van der Waals surface area (Å²) in [6, 6.07) is 10.8. The Morgan fingerprint density at radius 1 is 1.13 bits per heavy atom. The number of carbonyl (C=O) groups is 2. The second-order valence-corrected chi connectivity index (χ2v) is 7.12. The molecule has 0 aliphatic rings. The fourth-order valence-electron chi connectivity index (χ4n) is 2.90. The number of nitro groups is 1. The molecule has 0 radical (unpaired) electrons. The van der Waals surface area contributed by atoms with Gasteiger partial charge in [-0.05, 0) is 44.4 Å². The van der Waals surface area contributed by atoms with Crippen LogP contribution in [-0.2, 0) is 9.53 Å². The van der Waals surface area contributed by atoms with E-state index in [0.29, 0.717) is 31.1 Å². The molecule has 2 aromatic rings. The Hall–Kier alpha value is -3.13. The number of ether oxygens (including phenoxy) is 2. The van der Waals surface area contributed by atoms with E-state index >= 15 is 0 Å². The molecular weight excluding hydrogens is 424 g/mol. The molecule has 166 valence electrons. The molecule has 1 amide bonds. The van der Waals surface area contributed by atoms with Crippen molar-refractivity contribution < 1.29 is 24.0 Å². The topological polar surface area (TPSA) is 99.0 Å². The Morgan fingerprint density at radius 2 is 1.87 bits per heavy atom. The van der Waals surface area contributed by atoms with Gasteiger partial charge in [0.25, 0.3) is 11.6 Å². The lowest BCUT2D eigenvalue weighted by atomic mass is 10.1. The number of carbonyl (C=O) groups excluding carboxylic acids is 2. The summed E-state index contributed by atoms with van der Waals surface area (Å²) in [5, 5.41) is 10.9. The molecule has 0 aromatic heterocycles. The molecule has 8 nitrogen and oxygen atoms in total. The fourth-order valence-corrected chi connectivity index (χ4v) is 3.16. The maximum Gasteiger partial charge on any atom is 0.305 e. The van der Waals surface area contributed by atoms with Crippen LogP contribution in [0.1, 0.15) is 43.0 Å². The summed E-state index contributed by atoms with van der Waals surface area (Å²) in [5.74, 6) is -0.0778. The quantitative estimate of drug-likeness (QED) is 0.207. The maximum absolute atomic E-state index is 12.9. The van der Waals surface area contributed by atoms with Crippen LogP contribution in [0.3, 0.4) is 0 Å². The molecule has 0 bridgehead atoms. The number of unbranched alkanes of at least 4 members (excludes halogenated alkanes) is 2. The first-order chi connectivity index (χ1) is 14.8. The van der Waals surface area contributed by atoms with Crippen LogP contribution in [0.2, 0.25) is 5.02 Å². The van der Waals surface area contributed by atoms with Gasteiger partial charge in [-0.2, -0.15) is 0 Å². The van der Waals surface area contributed by atoms with Crippen molar-refractivity contribution >= 4 is 34.9 Å². The lowest BCUT2D eigenvalue weighted by Gasteiger charge is -2.21. The van der Waals surface area contributed by atoms with Gasteiger partial charge >= 0.3 is 5.97 Å². The van der Waals surface area contributed by atoms with Crippen LogP contribution < -0.4 is 9.64 Å². The molecule has 0 heterocycles. The maximum atomic E-state index is 12.9. The number of hydrogen-bond donors (Lipinski definition) is 0. The summed E-state index contributed by atoms with van der Waals surface area (Å²) in [6.07, 6.45) is 2.67. The molecule has 0 spiro atoms. The third-order valence-electron chi connectivity index (χ3n) is 4.51. The second kappa shape index (κ2) is 11.9. The fraction of sp³-hybridized carbons (Fsp3) is 0.364. The molecule has 0 fully saturated rings. The highest BCUT2D eigenvalue weighted by atomic mass is 35.5. The predicted molar refractivity (Wildman–Crippen MR) is 118 cm³/mol. The molecule has 0 atom stereocenters. The van der Waals surface area contributed by atoms with E-state index in [1.165, 1.54) is 17.0 Å². The third kappa shape index (κ3) is 6.96. The minimum Gasteiger partial charge on any atom is -0.491 e. The number of halogens is 1. The van der Waals surface area contributed by atoms with E-state index in [1.54, 1.807) is 38.2 Å². The van der Waals surface area contributed by atoms with Gasteiger partial charge in [-0.3, -0.25) is 19.7 Å². The lowest BCUT2D eigenvalue weighted by Crippen LogP contribution is -2.27. The highest BCUT2D eigenvalue weighted by Gasteiger charge is 2.21.